The zero-order valence-corrected chi connectivity index (χ0v) is 13.4. The second-order valence-electron chi connectivity index (χ2n) is 6.73. The van der Waals surface area contributed by atoms with E-state index in [9.17, 15) is 0 Å². The number of ether oxygens (including phenoxy) is 1. The molecule has 0 radical (unpaired) electrons. The van der Waals surface area contributed by atoms with Crippen LogP contribution in [0.25, 0.3) is 0 Å². The zero-order chi connectivity index (χ0) is 15.7. The standard InChI is InChI=1S/C14H22N6O2/c1-14(2,3)13-16-12(22-18-13)8-20-6-9(11(7-20)21-4)10-5-15-19-17-10/h5,9,11H,6-8H2,1-4H3,(H,15,17,19)/t9-,11+/m0/s1. The molecule has 0 aliphatic carbocycles. The molecule has 120 valence electrons. The Morgan fingerprint density at radius 3 is 2.82 bits per heavy atom. The summed E-state index contributed by atoms with van der Waals surface area (Å²) in [6.45, 7) is 8.47. The van der Waals surface area contributed by atoms with Crippen LogP contribution < -0.4 is 0 Å². The summed E-state index contributed by atoms with van der Waals surface area (Å²) in [6, 6.07) is 0. The normalized spacial score (nSPS) is 23.3. The van der Waals surface area contributed by atoms with E-state index in [-0.39, 0.29) is 17.4 Å². The van der Waals surface area contributed by atoms with Crippen molar-refractivity contribution in [2.24, 2.45) is 0 Å². The van der Waals surface area contributed by atoms with Gasteiger partial charge in [-0.3, -0.25) is 4.90 Å². The molecule has 3 rings (SSSR count). The van der Waals surface area contributed by atoms with E-state index in [0.29, 0.717) is 12.4 Å². The van der Waals surface area contributed by atoms with Crippen LogP contribution in [-0.2, 0) is 16.7 Å². The topological polar surface area (TPSA) is 93.0 Å². The predicted octanol–water partition coefficient (Wildman–Crippen LogP) is 1.10. The molecule has 2 aromatic rings. The fourth-order valence-electron chi connectivity index (χ4n) is 2.71. The SMILES string of the molecule is CO[C@@H]1CN(Cc2nc(C(C)(C)C)no2)C[C@H]1c1cn[nH]n1. The monoisotopic (exact) mass is 306 g/mol. The minimum absolute atomic E-state index is 0.0927. The molecule has 0 amide bonds. The van der Waals surface area contributed by atoms with E-state index in [1.54, 1.807) is 13.3 Å². The number of aromatic amines is 1. The Hall–Kier alpha value is -1.80. The maximum absolute atomic E-state index is 5.58. The third-order valence-electron chi connectivity index (χ3n) is 3.96. The first-order chi connectivity index (χ1) is 10.5. The fraction of sp³-hybridized carbons (Fsp3) is 0.714. The van der Waals surface area contributed by atoms with Crippen LogP contribution in [0.1, 0.15) is 44.1 Å². The van der Waals surface area contributed by atoms with Crippen LogP contribution in [0.2, 0.25) is 0 Å². The minimum atomic E-state index is -0.106. The molecule has 1 aliphatic rings. The molecular formula is C14H22N6O2. The summed E-state index contributed by atoms with van der Waals surface area (Å²) in [5.41, 5.74) is 0.820. The maximum Gasteiger partial charge on any atom is 0.240 e. The van der Waals surface area contributed by atoms with E-state index in [1.807, 2.05) is 0 Å². The average molecular weight is 306 g/mol. The summed E-state index contributed by atoms with van der Waals surface area (Å²) in [6.07, 6.45) is 1.85. The van der Waals surface area contributed by atoms with E-state index in [2.05, 4.69) is 51.2 Å². The van der Waals surface area contributed by atoms with Crippen molar-refractivity contribution in [3.63, 3.8) is 0 Å². The molecular weight excluding hydrogens is 284 g/mol. The van der Waals surface area contributed by atoms with Gasteiger partial charge in [0.1, 0.15) is 0 Å². The summed E-state index contributed by atoms with van der Waals surface area (Å²) < 4.78 is 11.0. The van der Waals surface area contributed by atoms with Gasteiger partial charge >= 0.3 is 0 Å². The van der Waals surface area contributed by atoms with Gasteiger partial charge in [-0.2, -0.15) is 20.4 Å². The summed E-state index contributed by atoms with van der Waals surface area (Å²) in [5.74, 6) is 1.58. The van der Waals surface area contributed by atoms with Gasteiger partial charge in [0.2, 0.25) is 5.89 Å². The number of nitrogens with zero attached hydrogens (tertiary/aromatic N) is 5. The Kier molecular flexibility index (Phi) is 3.96. The Labute approximate surface area is 129 Å². The van der Waals surface area contributed by atoms with Crippen LogP contribution in [0.15, 0.2) is 10.7 Å². The maximum atomic E-state index is 5.58. The number of likely N-dealkylation sites (tertiary alicyclic amines) is 1. The summed E-state index contributed by atoms with van der Waals surface area (Å²) >= 11 is 0. The van der Waals surface area contributed by atoms with Crippen molar-refractivity contribution in [1.82, 2.24) is 30.5 Å². The molecule has 8 nitrogen and oxygen atoms in total. The molecule has 22 heavy (non-hydrogen) atoms. The van der Waals surface area contributed by atoms with Crippen LogP contribution in [0.5, 0.6) is 0 Å². The third kappa shape index (κ3) is 3.02. The van der Waals surface area contributed by atoms with Gasteiger partial charge < -0.3 is 9.26 Å². The van der Waals surface area contributed by atoms with Gasteiger partial charge in [-0.1, -0.05) is 25.9 Å². The van der Waals surface area contributed by atoms with Crippen LogP contribution in [-0.4, -0.2) is 56.8 Å². The molecule has 0 saturated carbocycles. The van der Waals surface area contributed by atoms with Crippen molar-refractivity contribution in [3.8, 4) is 0 Å². The predicted molar refractivity (Wildman–Crippen MR) is 78.2 cm³/mol. The molecule has 1 aliphatic heterocycles. The van der Waals surface area contributed by atoms with Gasteiger partial charge in [0.25, 0.3) is 0 Å². The largest absolute Gasteiger partial charge is 0.379 e. The summed E-state index contributed by atoms with van der Waals surface area (Å²) in [5, 5.41) is 14.8. The Morgan fingerprint density at radius 2 is 2.23 bits per heavy atom. The molecule has 2 aromatic heterocycles. The molecule has 0 bridgehead atoms. The number of nitrogens with one attached hydrogen (secondary N) is 1. The highest BCUT2D eigenvalue weighted by atomic mass is 16.5. The van der Waals surface area contributed by atoms with E-state index >= 15 is 0 Å². The summed E-state index contributed by atoms with van der Waals surface area (Å²) in [7, 11) is 1.73. The van der Waals surface area contributed by atoms with Crippen LogP contribution >= 0.6 is 0 Å². The van der Waals surface area contributed by atoms with E-state index in [1.165, 1.54) is 0 Å². The average Bonchev–Trinajstić information content (AvgIpc) is 3.17. The second-order valence-corrected chi connectivity index (χ2v) is 6.73. The highest BCUT2D eigenvalue weighted by molar-refractivity contribution is 5.10. The van der Waals surface area contributed by atoms with Crippen molar-refractivity contribution in [2.75, 3.05) is 20.2 Å². The number of aromatic nitrogens is 5. The molecule has 0 aromatic carbocycles. The van der Waals surface area contributed by atoms with E-state index < -0.39 is 0 Å². The lowest BCUT2D eigenvalue weighted by molar-refractivity contribution is 0.0946. The van der Waals surface area contributed by atoms with Crippen LogP contribution in [0.3, 0.4) is 0 Å². The molecule has 8 heteroatoms. The molecule has 1 N–H and O–H groups in total. The highest BCUT2D eigenvalue weighted by Crippen LogP contribution is 2.29. The van der Waals surface area contributed by atoms with Crippen molar-refractivity contribution in [3.05, 3.63) is 23.6 Å². The van der Waals surface area contributed by atoms with E-state index in [4.69, 9.17) is 9.26 Å². The van der Waals surface area contributed by atoms with Crippen molar-refractivity contribution >= 4 is 0 Å². The number of hydrogen-bond acceptors (Lipinski definition) is 7. The zero-order valence-electron chi connectivity index (χ0n) is 13.4. The van der Waals surface area contributed by atoms with Gasteiger partial charge in [-0.05, 0) is 0 Å². The number of methoxy groups -OCH3 is 1. The van der Waals surface area contributed by atoms with Gasteiger partial charge in [0.15, 0.2) is 5.82 Å². The summed E-state index contributed by atoms with van der Waals surface area (Å²) in [4.78, 5) is 6.73. The van der Waals surface area contributed by atoms with Crippen LogP contribution in [0.4, 0.5) is 0 Å². The lowest BCUT2D eigenvalue weighted by Gasteiger charge is -2.13. The quantitative estimate of drug-likeness (QED) is 0.904. The Morgan fingerprint density at radius 1 is 1.41 bits per heavy atom. The lowest BCUT2D eigenvalue weighted by Crippen LogP contribution is -2.23. The van der Waals surface area contributed by atoms with Crippen molar-refractivity contribution < 1.29 is 9.26 Å². The number of H-pyrrole nitrogens is 1. The first-order valence-corrected chi connectivity index (χ1v) is 7.41. The molecule has 1 saturated heterocycles. The van der Waals surface area contributed by atoms with Gasteiger partial charge in [-0.25, -0.2) is 0 Å². The minimum Gasteiger partial charge on any atom is -0.379 e. The lowest BCUT2D eigenvalue weighted by atomic mass is 9.96. The van der Waals surface area contributed by atoms with E-state index in [0.717, 1.165) is 24.6 Å². The van der Waals surface area contributed by atoms with Gasteiger partial charge in [-0.15, -0.1) is 0 Å². The molecule has 2 atom stereocenters. The molecule has 1 fully saturated rings. The van der Waals surface area contributed by atoms with Gasteiger partial charge in [0, 0.05) is 31.5 Å². The Bertz CT molecular complexity index is 603. The van der Waals surface area contributed by atoms with Crippen molar-refractivity contribution in [2.45, 2.75) is 44.8 Å². The van der Waals surface area contributed by atoms with Crippen molar-refractivity contribution in [1.29, 1.82) is 0 Å². The smallest absolute Gasteiger partial charge is 0.240 e. The number of rotatable bonds is 4. The second kappa shape index (κ2) is 5.77. The fourth-order valence-corrected chi connectivity index (χ4v) is 2.71. The highest BCUT2D eigenvalue weighted by Gasteiger charge is 2.36. The Balaban J connectivity index is 1.68. The molecule has 0 spiro atoms. The third-order valence-corrected chi connectivity index (χ3v) is 3.96. The van der Waals surface area contributed by atoms with Crippen LogP contribution in [0, 0.1) is 0 Å². The number of hydrogen-bond donors (Lipinski definition) is 1. The first kappa shape index (κ1) is 15.1. The molecule has 0 unspecified atom stereocenters. The molecule has 3 heterocycles. The first-order valence-electron chi connectivity index (χ1n) is 7.41. The van der Waals surface area contributed by atoms with Gasteiger partial charge in [0.05, 0.1) is 24.5 Å².